The Morgan fingerprint density at radius 3 is 2.55 bits per heavy atom. The summed E-state index contributed by atoms with van der Waals surface area (Å²) < 4.78 is 34.8. The van der Waals surface area contributed by atoms with Crippen LogP contribution in [0.1, 0.15) is 78.6 Å². The van der Waals surface area contributed by atoms with Gasteiger partial charge in [0.1, 0.15) is 0 Å². The first kappa shape index (κ1) is 21.5. The second kappa shape index (κ2) is 7.16. The summed E-state index contributed by atoms with van der Waals surface area (Å²) in [7, 11) is -4.23. The average Bonchev–Trinajstić information content (AvgIpc) is 2.94. The Bertz CT molecular complexity index is 817. The van der Waals surface area contributed by atoms with Crippen LogP contribution < -0.4 is 0 Å². The van der Waals surface area contributed by atoms with Crippen molar-refractivity contribution < 1.29 is 22.9 Å². The van der Waals surface area contributed by atoms with Crippen LogP contribution in [0.25, 0.3) is 0 Å². The van der Waals surface area contributed by atoms with E-state index in [1.54, 1.807) is 6.08 Å². The molecule has 3 saturated carbocycles. The van der Waals surface area contributed by atoms with Gasteiger partial charge in [-0.15, -0.1) is 0 Å². The standard InChI is InChI=1S/C23H36O5S/c1-4-5-20(29(26,27)28)19-13-15(24)12-14-6-7-16-17-8-9-21(25)22(17,2)11-10-18(16)23(14,19)3/h12,16-21,25H,4-11,13H2,1-3H3,(H,26,27,28)/t16-,17-,18-,19?,20?,21-,22-,23-/m0/s1. The molecule has 0 heterocycles. The van der Waals surface area contributed by atoms with Crippen molar-refractivity contribution in [1.82, 2.24) is 0 Å². The van der Waals surface area contributed by atoms with Crippen molar-refractivity contribution >= 4 is 15.9 Å². The molecule has 0 amide bonds. The number of ketones is 1. The number of rotatable bonds is 4. The molecule has 0 aromatic carbocycles. The second-order valence-electron chi connectivity index (χ2n) is 10.6. The Kier molecular flexibility index (Phi) is 5.31. The predicted molar refractivity (Wildman–Crippen MR) is 112 cm³/mol. The highest BCUT2D eigenvalue weighted by Crippen LogP contribution is 2.67. The molecule has 0 aromatic heterocycles. The SMILES string of the molecule is CCCC(C1CC(=O)C=C2CC[C@H]3[C@@H]4CC[C@H](O)[C@@]4(C)CC[C@@H]3[C@]21C)S(=O)(=O)O. The summed E-state index contributed by atoms with van der Waals surface area (Å²) in [6, 6.07) is 0. The molecule has 0 spiro atoms. The number of allylic oxidation sites excluding steroid dienone is 1. The van der Waals surface area contributed by atoms with Gasteiger partial charge in [0.05, 0.1) is 11.4 Å². The molecule has 0 saturated heterocycles. The number of hydrogen-bond acceptors (Lipinski definition) is 4. The van der Waals surface area contributed by atoms with Crippen molar-refractivity contribution in [3.8, 4) is 0 Å². The molecule has 4 rings (SSSR count). The molecule has 3 fully saturated rings. The number of carbonyl (C=O) groups is 1. The molecule has 2 unspecified atom stereocenters. The Morgan fingerprint density at radius 2 is 1.90 bits per heavy atom. The quantitative estimate of drug-likeness (QED) is 0.661. The number of aliphatic hydroxyl groups is 1. The van der Waals surface area contributed by atoms with Gasteiger partial charge in [-0.25, -0.2) is 0 Å². The summed E-state index contributed by atoms with van der Waals surface area (Å²) in [5, 5.41) is 9.77. The molecule has 4 aliphatic carbocycles. The number of carbonyl (C=O) groups excluding carboxylic acids is 1. The van der Waals surface area contributed by atoms with Gasteiger partial charge in [0.15, 0.2) is 5.78 Å². The van der Waals surface area contributed by atoms with Crippen LogP contribution in [0.4, 0.5) is 0 Å². The lowest BCUT2D eigenvalue weighted by Gasteiger charge is -2.60. The van der Waals surface area contributed by atoms with Gasteiger partial charge in [-0.2, -0.15) is 8.42 Å². The first-order valence-corrected chi connectivity index (χ1v) is 12.9. The second-order valence-corrected chi connectivity index (χ2v) is 12.3. The highest BCUT2D eigenvalue weighted by molar-refractivity contribution is 7.86. The van der Waals surface area contributed by atoms with E-state index >= 15 is 0 Å². The van der Waals surface area contributed by atoms with Crippen LogP contribution in [0.15, 0.2) is 11.6 Å². The van der Waals surface area contributed by atoms with Crippen molar-refractivity contribution in [2.45, 2.75) is 89.9 Å². The first-order chi connectivity index (χ1) is 13.5. The summed E-state index contributed by atoms with van der Waals surface area (Å²) in [6.45, 7) is 6.34. The molecule has 0 aliphatic heterocycles. The molecule has 29 heavy (non-hydrogen) atoms. The summed E-state index contributed by atoms with van der Waals surface area (Å²) in [4.78, 5) is 12.6. The van der Waals surface area contributed by atoms with Gasteiger partial charge in [0.25, 0.3) is 10.1 Å². The Labute approximate surface area is 175 Å². The van der Waals surface area contributed by atoms with Crippen molar-refractivity contribution in [3.05, 3.63) is 11.6 Å². The van der Waals surface area contributed by atoms with Crippen molar-refractivity contribution in [1.29, 1.82) is 0 Å². The zero-order valence-electron chi connectivity index (χ0n) is 17.9. The fourth-order valence-corrected chi connectivity index (χ4v) is 9.35. The Morgan fingerprint density at radius 1 is 1.17 bits per heavy atom. The fourth-order valence-electron chi connectivity index (χ4n) is 8.02. The van der Waals surface area contributed by atoms with Gasteiger partial charge in [0, 0.05) is 6.42 Å². The zero-order chi connectivity index (χ0) is 21.2. The molecule has 5 nitrogen and oxygen atoms in total. The van der Waals surface area contributed by atoms with E-state index in [9.17, 15) is 22.9 Å². The molecular formula is C23H36O5S. The van der Waals surface area contributed by atoms with Gasteiger partial charge in [-0.1, -0.05) is 32.8 Å². The van der Waals surface area contributed by atoms with Crippen LogP contribution in [-0.4, -0.2) is 35.2 Å². The third kappa shape index (κ3) is 3.16. The minimum absolute atomic E-state index is 0.00242. The molecule has 0 bridgehead atoms. The maximum absolute atomic E-state index is 12.6. The van der Waals surface area contributed by atoms with Crippen LogP contribution in [0.3, 0.4) is 0 Å². The van der Waals surface area contributed by atoms with Crippen molar-refractivity contribution in [2.24, 2.45) is 34.5 Å². The van der Waals surface area contributed by atoms with Gasteiger partial charge in [-0.05, 0) is 85.5 Å². The van der Waals surface area contributed by atoms with Crippen molar-refractivity contribution in [2.75, 3.05) is 0 Å². The van der Waals surface area contributed by atoms with Crippen LogP contribution in [0.2, 0.25) is 0 Å². The molecule has 164 valence electrons. The normalized spacial score (nSPS) is 45.8. The predicted octanol–water partition coefficient (Wildman–Crippen LogP) is 4.16. The van der Waals surface area contributed by atoms with Crippen LogP contribution in [0, 0.1) is 34.5 Å². The fraction of sp³-hybridized carbons (Fsp3) is 0.870. The molecule has 0 radical (unpaired) electrons. The lowest BCUT2D eigenvalue weighted by molar-refractivity contribution is -0.122. The lowest BCUT2D eigenvalue weighted by Crippen LogP contribution is -2.56. The first-order valence-electron chi connectivity index (χ1n) is 11.4. The largest absolute Gasteiger partial charge is 0.393 e. The average molecular weight is 425 g/mol. The highest BCUT2D eigenvalue weighted by Gasteiger charge is 2.62. The smallest absolute Gasteiger partial charge is 0.268 e. The minimum atomic E-state index is -4.23. The van der Waals surface area contributed by atoms with Crippen LogP contribution in [-0.2, 0) is 14.9 Å². The molecule has 4 aliphatic rings. The zero-order valence-corrected chi connectivity index (χ0v) is 18.7. The molecule has 6 heteroatoms. The lowest BCUT2D eigenvalue weighted by atomic mass is 9.44. The molecule has 2 N–H and O–H groups in total. The maximum atomic E-state index is 12.6. The van der Waals surface area contributed by atoms with E-state index in [2.05, 4.69) is 13.8 Å². The molecule has 8 atom stereocenters. The van der Waals surface area contributed by atoms with E-state index in [4.69, 9.17) is 0 Å². The van der Waals surface area contributed by atoms with E-state index < -0.39 is 15.4 Å². The number of fused-ring (bicyclic) bond motifs is 5. The van der Waals surface area contributed by atoms with Gasteiger partial charge in [0.2, 0.25) is 0 Å². The summed E-state index contributed by atoms with van der Waals surface area (Å²) in [5.74, 6) is 0.858. The maximum Gasteiger partial charge on any atom is 0.268 e. The Hall–Kier alpha value is -0.720. The van der Waals surface area contributed by atoms with E-state index in [1.807, 2.05) is 6.92 Å². The third-order valence-corrected chi connectivity index (χ3v) is 10.9. The van der Waals surface area contributed by atoms with Gasteiger partial charge in [-0.3, -0.25) is 9.35 Å². The van der Waals surface area contributed by atoms with E-state index in [0.29, 0.717) is 30.6 Å². The number of aliphatic hydroxyl groups excluding tert-OH is 1. The highest BCUT2D eigenvalue weighted by atomic mass is 32.2. The van der Waals surface area contributed by atoms with Gasteiger partial charge >= 0.3 is 0 Å². The summed E-state index contributed by atoms with van der Waals surface area (Å²) in [6.07, 6.45) is 8.44. The van der Waals surface area contributed by atoms with Crippen molar-refractivity contribution in [3.63, 3.8) is 0 Å². The van der Waals surface area contributed by atoms with Crippen LogP contribution >= 0.6 is 0 Å². The summed E-state index contributed by atoms with van der Waals surface area (Å²) >= 11 is 0. The van der Waals surface area contributed by atoms with E-state index in [0.717, 1.165) is 44.1 Å². The van der Waals surface area contributed by atoms with Crippen LogP contribution in [0.5, 0.6) is 0 Å². The van der Waals surface area contributed by atoms with Gasteiger partial charge < -0.3 is 5.11 Å². The minimum Gasteiger partial charge on any atom is -0.393 e. The monoisotopic (exact) mass is 424 g/mol. The van der Waals surface area contributed by atoms with E-state index in [-0.39, 0.29) is 35.1 Å². The number of hydrogen-bond donors (Lipinski definition) is 2. The molecule has 0 aromatic rings. The molecular weight excluding hydrogens is 388 g/mol. The summed E-state index contributed by atoms with van der Waals surface area (Å²) in [5.41, 5.74) is 0.693. The van der Waals surface area contributed by atoms with E-state index in [1.165, 1.54) is 0 Å². The topological polar surface area (TPSA) is 91.7 Å². The Balaban J connectivity index is 1.77. The third-order valence-electron chi connectivity index (χ3n) is 9.53.